The fourth-order valence-corrected chi connectivity index (χ4v) is 2.91. The molecule has 4 nitrogen and oxygen atoms in total. The maximum atomic E-state index is 13.2. The molecule has 8 heteroatoms. The number of hydrogen-bond acceptors (Lipinski definition) is 4. The van der Waals surface area contributed by atoms with Crippen LogP contribution in [-0.2, 0) is 12.7 Å². The van der Waals surface area contributed by atoms with Crippen molar-refractivity contribution in [2.24, 2.45) is 0 Å². The summed E-state index contributed by atoms with van der Waals surface area (Å²) in [6, 6.07) is 4.57. The van der Waals surface area contributed by atoms with Gasteiger partial charge in [0.15, 0.2) is 0 Å². The first-order valence-corrected chi connectivity index (χ1v) is 6.96. The second-order valence-electron chi connectivity index (χ2n) is 4.63. The molecule has 0 radical (unpaired) electrons. The fraction of sp³-hybridized carbons (Fsp3) is 0.231. The molecule has 0 unspecified atom stereocenters. The van der Waals surface area contributed by atoms with Crippen molar-refractivity contribution in [1.29, 1.82) is 0 Å². The molecule has 0 bridgehead atoms. The smallest absolute Gasteiger partial charge is 0.399 e. The number of benzene rings is 1. The number of aromatic nitrogens is 3. The van der Waals surface area contributed by atoms with Crippen molar-refractivity contribution in [2.75, 3.05) is 5.73 Å². The van der Waals surface area contributed by atoms with Crippen molar-refractivity contribution >= 4 is 28.1 Å². The quantitative estimate of drug-likeness (QED) is 0.737. The molecule has 0 aliphatic rings. The van der Waals surface area contributed by atoms with Crippen molar-refractivity contribution < 1.29 is 13.2 Å². The minimum atomic E-state index is -4.52. The number of nitrogens with two attached hydrogens (primary N) is 1. The van der Waals surface area contributed by atoms with Gasteiger partial charge in [-0.05, 0) is 25.1 Å². The summed E-state index contributed by atoms with van der Waals surface area (Å²) >= 11 is 1.33. The number of imidazole rings is 1. The summed E-state index contributed by atoms with van der Waals surface area (Å²) in [5.41, 5.74) is 8.99. The van der Waals surface area contributed by atoms with Gasteiger partial charge in [0, 0.05) is 10.6 Å². The van der Waals surface area contributed by atoms with E-state index in [1.807, 2.05) is 0 Å². The SMILES string of the molecule is Cc1ncsc1Cn1c(C(F)(F)F)nc2cc(N)ccc21. The van der Waals surface area contributed by atoms with Gasteiger partial charge in [0.05, 0.1) is 28.8 Å². The van der Waals surface area contributed by atoms with Crippen molar-refractivity contribution in [2.45, 2.75) is 19.6 Å². The molecule has 0 spiro atoms. The van der Waals surface area contributed by atoms with Crippen LogP contribution in [0.2, 0.25) is 0 Å². The molecule has 0 saturated carbocycles. The van der Waals surface area contributed by atoms with Crippen LogP contribution in [0.5, 0.6) is 0 Å². The second kappa shape index (κ2) is 4.73. The van der Waals surface area contributed by atoms with Crippen LogP contribution in [0.1, 0.15) is 16.4 Å². The Morgan fingerprint density at radius 1 is 1.33 bits per heavy atom. The van der Waals surface area contributed by atoms with Crippen LogP contribution in [0.3, 0.4) is 0 Å². The minimum Gasteiger partial charge on any atom is -0.399 e. The van der Waals surface area contributed by atoms with Crippen molar-refractivity contribution in [3.8, 4) is 0 Å². The third-order valence-electron chi connectivity index (χ3n) is 3.17. The molecule has 2 N–H and O–H groups in total. The van der Waals surface area contributed by atoms with Crippen molar-refractivity contribution in [3.05, 3.63) is 40.1 Å². The van der Waals surface area contributed by atoms with Crippen LogP contribution in [0.4, 0.5) is 18.9 Å². The second-order valence-corrected chi connectivity index (χ2v) is 5.57. The molecule has 0 amide bonds. The highest BCUT2D eigenvalue weighted by Gasteiger charge is 2.37. The lowest BCUT2D eigenvalue weighted by Gasteiger charge is -2.10. The third kappa shape index (κ3) is 2.46. The largest absolute Gasteiger partial charge is 0.449 e. The number of halogens is 3. The number of alkyl halides is 3. The Morgan fingerprint density at radius 2 is 2.10 bits per heavy atom. The summed E-state index contributed by atoms with van der Waals surface area (Å²) in [6.45, 7) is 1.86. The van der Waals surface area contributed by atoms with Crippen LogP contribution < -0.4 is 5.73 Å². The Labute approximate surface area is 122 Å². The van der Waals surface area contributed by atoms with Crippen LogP contribution >= 0.6 is 11.3 Å². The van der Waals surface area contributed by atoms with Gasteiger partial charge < -0.3 is 10.3 Å². The molecule has 0 aliphatic carbocycles. The third-order valence-corrected chi connectivity index (χ3v) is 4.09. The molecule has 21 heavy (non-hydrogen) atoms. The molecular weight excluding hydrogens is 301 g/mol. The van der Waals surface area contributed by atoms with Gasteiger partial charge in [0.1, 0.15) is 0 Å². The van der Waals surface area contributed by atoms with Crippen molar-refractivity contribution in [1.82, 2.24) is 14.5 Å². The van der Waals surface area contributed by atoms with Gasteiger partial charge in [-0.25, -0.2) is 9.97 Å². The number of nitrogens with zero attached hydrogens (tertiary/aromatic N) is 3. The first kappa shape index (κ1) is 13.9. The molecule has 0 atom stereocenters. The number of rotatable bonds is 2. The minimum absolute atomic E-state index is 0.0890. The molecule has 110 valence electrons. The molecule has 1 aromatic carbocycles. The van der Waals surface area contributed by atoms with Gasteiger partial charge >= 0.3 is 6.18 Å². The zero-order chi connectivity index (χ0) is 15.2. The maximum absolute atomic E-state index is 13.2. The van der Waals surface area contributed by atoms with Gasteiger partial charge in [-0.15, -0.1) is 11.3 Å². The topological polar surface area (TPSA) is 56.7 Å². The van der Waals surface area contributed by atoms with Gasteiger partial charge in [0.25, 0.3) is 0 Å². The number of nitrogen functional groups attached to an aromatic ring is 1. The molecule has 2 aromatic heterocycles. The van der Waals surface area contributed by atoms with Crippen LogP contribution in [0.25, 0.3) is 11.0 Å². The summed E-state index contributed by atoms with van der Waals surface area (Å²) in [4.78, 5) is 8.54. The predicted molar refractivity (Wildman–Crippen MR) is 75.1 cm³/mol. The number of fused-ring (bicyclic) bond motifs is 1. The first-order chi connectivity index (χ1) is 9.86. The van der Waals surface area contributed by atoms with Gasteiger partial charge in [-0.1, -0.05) is 0 Å². The monoisotopic (exact) mass is 312 g/mol. The standard InChI is InChI=1S/C13H11F3N4S/c1-7-11(21-6-18-7)5-20-10-3-2-8(17)4-9(10)19-12(20)13(14,15)16/h2-4,6H,5,17H2,1H3. The summed E-state index contributed by atoms with van der Waals surface area (Å²) in [7, 11) is 0. The van der Waals surface area contributed by atoms with Crippen molar-refractivity contribution in [3.63, 3.8) is 0 Å². The summed E-state index contributed by atoms with van der Waals surface area (Å²) < 4.78 is 40.7. The van der Waals surface area contributed by atoms with Gasteiger partial charge in [-0.3, -0.25) is 0 Å². The lowest BCUT2D eigenvalue weighted by atomic mass is 10.3. The predicted octanol–water partition coefficient (Wildman–Crippen LogP) is 3.45. The van der Waals surface area contributed by atoms with Gasteiger partial charge in [-0.2, -0.15) is 13.2 Å². The zero-order valence-corrected chi connectivity index (χ0v) is 11.8. The van der Waals surface area contributed by atoms with E-state index in [0.29, 0.717) is 11.2 Å². The number of anilines is 1. The summed E-state index contributed by atoms with van der Waals surface area (Å²) in [6.07, 6.45) is -4.52. The molecule has 0 aliphatic heterocycles. The molecule has 3 aromatic rings. The molecule has 0 saturated heterocycles. The highest BCUT2D eigenvalue weighted by molar-refractivity contribution is 7.09. The van der Waals surface area contributed by atoms with E-state index in [9.17, 15) is 13.2 Å². The fourth-order valence-electron chi connectivity index (χ4n) is 2.14. The average molecular weight is 312 g/mol. The summed E-state index contributed by atoms with van der Waals surface area (Å²) in [5.74, 6) is -0.920. The first-order valence-electron chi connectivity index (χ1n) is 6.08. The highest BCUT2D eigenvalue weighted by atomic mass is 32.1. The van der Waals surface area contributed by atoms with E-state index >= 15 is 0 Å². The Morgan fingerprint density at radius 3 is 2.71 bits per heavy atom. The van der Waals surface area contributed by atoms with Gasteiger partial charge in [0.2, 0.25) is 5.82 Å². The number of aryl methyl sites for hydroxylation is 1. The highest BCUT2D eigenvalue weighted by Crippen LogP contribution is 2.33. The van der Waals surface area contributed by atoms with Crippen LogP contribution in [-0.4, -0.2) is 14.5 Å². The van der Waals surface area contributed by atoms with Crippen LogP contribution in [0, 0.1) is 6.92 Å². The Bertz CT molecular complexity index is 803. The normalized spacial score (nSPS) is 12.2. The average Bonchev–Trinajstić information content (AvgIpc) is 2.94. The Hall–Kier alpha value is -2.09. The molecule has 0 fully saturated rings. The Kier molecular flexibility index (Phi) is 3.12. The zero-order valence-electron chi connectivity index (χ0n) is 11.0. The summed E-state index contributed by atoms with van der Waals surface area (Å²) in [5, 5.41) is 0. The molecule has 2 heterocycles. The van der Waals surface area contributed by atoms with E-state index in [4.69, 9.17) is 5.73 Å². The van der Waals surface area contributed by atoms with E-state index in [1.165, 1.54) is 17.4 Å². The van der Waals surface area contributed by atoms with E-state index in [-0.39, 0.29) is 12.1 Å². The van der Waals surface area contributed by atoms with E-state index in [2.05, 4.69) is 9.97 Å². The van der Waals surface area contributed by atoms with Crippen LogP contribution in [0.15, 0.2) is 23.7 Å². The number of hydrogen-bond donors (Lipinski definition) is 1. The molecular formula is C13H11F3N4S. The van der Waals surface area contributed by atoms with E-state index in [1.54, 1.807) is 24.6 Å². The lowest BCUT2D eigenvalue weighted by molar-refractivity contribution is -0.146. The van der Waals surface area contributed by atoms with E-state index in [0.717, 1.165) is 15.1 Å². The molecule has 3 rings (SSSR count). The van der Waals surface area contributed by atoms with E-state index < -0.39 is 12.0 Å². The maximum Gasteiger partial charge on any atom is 0.449 e. The number of thiazole rings is 1. The Balaban J connectivity index is 2.20. The lowest BCUT2D eigenvalue weighted by Crippen LogP contribution is -2.15.